The van der Waals surface area contributed by atoms with Gasteiger partial charge in [0.05, 0.1) is 18.4 Å². The van der Waals surface area contributed by atoms with Crippen molar-refractivity contribution < 1.29 is 22.4 Å². The molecule has 1 aliphatic rings. The molecule has 0 spiro atoms. The first-order chi connectivity index (χ1) is 12.5. The summed E-state index contributed by atoms with van der Waals surface area (Å²) in [6.07, 6.45) is -0.527. The van der Waals surface area contributed by atoms with Gasteiger partial charge in [-0.15, -0.1) is 9.60 Å². The monoisotopic (exact) mass is 367 g/mol. The van der Waals surface area contributed by atoms with Crippen molar-refractivity contribution in [2.24, 2.45) is 0 Å². The molecular formula is C18H17F4N3O. The first kappa shape index (κ1) is 18.3. The molecule has 1 aromatic heterocycles. The minimum absolute atomic E-state index is 0.0194. The Bertz CT molecular complexity index is 783. The number of benzene rings is 1. The van der Waals surface area contributed by atoms with Crippen LogP contribution in [-0.4, -0.2) is 28.6 Å². The van der Waals surface area contributed by atoms with Crippen molar-refractivity contribution in [2.45, 2.75) is 31.9 Å². The lowest BCUT2D eigenvalue weighted by Gasteiger charge is -2.15. The van der Waals surface area contributed by atoms with Crippen molar-refractivity contribution in [1.82, 2.24) is 15.4 Å². The fraction of sp³-hybridized carbons (Fsp3) is 0.333. The van der Waals surface area contributed by atoms with Gasteiger partial charge in [-0.1, -0.05) is 24.3 Å². The normalized spacial score (nSPS) is 17.7. The first-order valence-corrected chi connectivity index (χ1v) is 8.18. The Morgan fingerprint density at radius 1 is 1.31 bits per heavy atom. The number of carbonyl (C=O) groups excluding carboxylic acids is 1. The second kappa shape index (κ2) is 7.82. The topological polar surface area (TPSA) is 45.2 Å². The van der Waals surface area contributed by atoms with Crippen molar-refractivity contribution in [2.75, 3.05) is 6.54 Å². The SMILES string of the molecule is O=C(NCc1cc(-c2ccc(C(F)F)cc2)c(F)cn1)C1CCCN1F. The van der Waals surface area contributed by atoms with Crippen LogP contribution >= 0.6 is 0 Å². The van der Waals surface area contributed by atoms with Gasteiger partial charge < -0.3 is 5.32 Å². The molecule has 1 unspecified atom stereocenters. The third-order valence-corrected chi connectivity index (χ3v) is 4.32. The van der Waals surface area contributed by atoms with Gasteiger partial charge in [0.2, 0.25) is 5.91 Å². The minimum atomic E-state index is -2.59. The van der Waals surface area contributed by atoms with Gasteiger partial charge in [-0.25, -0.2) is 13.2 Å². The smallest absolute Gasteiger partial charge is 0.263 e. The third-order valence-electron chi connectivity index (χ3n) is 4.32. The molecule has 8 heteroatoms. The Balaban J connectivity index is 1.72. The fourth-order valence-electron chi connectivity index (χ4n) is 2.89. The Morgan fingerprint density at radius 3 is 2.65 bits per heavy atom. The number of nitrogens with zero attached hydrogens (tertiary/aromatic N) is 2. The van der Waals surface area contributed by atoms with E-state index in [0.717, 1.165) is 6.20 Å². The van der Waals surface area contributed by atoms with Crippen LogP contribution in [-0.2, 0) is 11.3 Å². The molecule has 1 fully saturated rings. The van der Waals surface area contributed by atoms with Gasteiger partial charge in [0, 0.05) is 17.7 Å². The van der Waals surface area contributed by atoms with Crippen LogP contribution in [0.1, 0.15) is 30.5 Å². The summed E-state index contributed by atoms with van der Waals surface area (Å²) in [5, 5.41) is 3.09. The largest absolute Gasteiger partial charge is 0.349 e. The van der Waals surface area contributed by atoms with Gasteiger partial charge in [-0.05, 0) is 24.5 Å². The minimum Gasteiger partial charge on any atom is -0.349 e. The molecule has 2 aromatic rings. The number of alkyl halides is 2. The van der Waals surface area contributed by atoms with Crippen molar-refractivity contribution in [3.63, 3.8) is 0 Å². The zero-order valence-electron chi connectivity index (χ0n) is 13.8. The van der Waals surface area contributed by atoms with Crippen LogP contribution in [0, 0.1) is 5.82 Å². The summed E-state index contributed by atoms with van der Waals surface area (Å²) >= 11 is 0. The molecule has 138 valence electrons. The molecule has 1 aromatic carbocycles. The second-order valence-corrected chi connectivity index (χ2v) is 6.08. The predicted octanol–water partition coefficient (Wildman–Crippen LogP) is 3.79. The van der Waals surface area contributed by atoms with E-state index >= 15 is 0 Å². The van der Waals surface area contributed by atoms with Crippen LogP contribution in [0.3, 0.4) is 0 Å². The predicted molar refractivity (Wildman–Crippen MR) is 87.3 cm³/mol. The average Bonchev–Trinajstić information content (AvgIpc) is 3.07. The number of carbonyl (C=O) groups is 1. The van der Waals surface area contributed by atoms with Crippen LogP contribution in [0.15, 0.2) is 36.5 Å². The summed E-state index contributed by atoms with van der Waals surface area (Å²) in [5.74, 6) is -1.05. The maximum Gasteiger partial charge on any atom is 0.263 e. The van der Waals surface area contributed by atoms with Crippen molar-refractivity contribution >= 4 is 5.91 Å². The summed E-state index contributed by atoms with van der Waals surface area (Å²) in [5.41, 5.74) is 0.852. The molecule has 4 nitrogen and oxygen atoms in total. The first-order valence-electron chi connectivity index (χ1n) is 8.18. The van der Waals surface area contributed by atoms with E-state index in [1.54, 1.807) is 0 Å². The molecule has 0 bridgehead atoms. The summed E-state index contributed by atoms with van der Waals surface area (Å²) in [6, 6.07) is 5.91. The summed E-state index contributed by atoms with van der Waals surface area (Å²) < 4.78 is 52.7. The van der Waals surface area contributed by atoms with Crippen molar-refractivity contribution in [3.05, 3.63) is 53.6 Å². The Morgan fingerprint density at radius 2 is 2.04 bits per heavy atom. The van der Waals surface area contributed by atoms with Crippen molar-refractivity contribution in [3.8, 4) is 11.1 Å². The van der Waals surface area contributed by atoms with Crippen LogP contribution in [0.2, 0.25) is 0 Å². The number of aromatic nitrogens is 1. The van der Waals surface area contributed by atoms with Gasteiger partial charge >= 0.3 is 0 Å². The van der Waals surface area contributed by atoms with E-state index in [1.807, 2.05) is 0 Å². The molecule has 2 heterocycles. The van der Waals surface area contributed by atoms with E-state index in [0.29, 0.717) is 29.2 Å². The van der Waals surface area contributed by atoms with Gasteiger partial charge in [0.1, 0.15) is 11.9 Å². The van der Waals surface area contributed by atoms with E-state index in [-0.39, 0.29) is 24.2 Å². The number of amides is 1. The molecule has 0 aliphatic carbocycles. The van der Waals surface area contributed by atoms with Crippen molar-refractivity contribution in [1.29, 1.82) is 0 Å². The lowest BCUT2D eigenvalue weighted by molar-refractivity contribution is -0.131. The van der Waals surface area contributed by atoms with Crippen LogP contribution < -0.4 is 5.32 Å². The number of halogens is 4. The number of rotatable bonds is 5. The summed E-state index contributed by atoms with van der Waals surface area (Å²) in [4.78, 5) is 15.9. The number of pyridine rings is 1. The highest BCUT2D eigenvalue weighted by atomic mass is 19.3. The number of hydrogen-bond donors (Lipinski definition) is 1. The second-order valence-electron chi connectivity index (χ2n) is 6.08. The molecule has 0 saturated carbocycles. The Kier molecular flexibility index (Phi) is 5.51. The maximum atomic E-state index is 14.1. The highest BCUT2D eigenvalue weighted by Gasteiger charge is 2.30. The molecule has 1 saturated heterocycles. The average molecular weight is 367 g/mol. The Labute approximate surface area is 147 Å². The third kappa shape index (κ3) is 4.01. The van der Waals surface area contributed by atoms with Gasteiger partial charge in [-0.2, -0.15) is 0 Å². The van der Waals surface area contributed by atoms with Gasteiger partial charge in [0.15, 0.2) is 0 Å². The molecular weight excluding hydrogens is 350 g/mol. The maximum absolute atomic E-state index is 14.1. The van der Waals surface area contributed by atoms with Crippen LogP contribution in [0.4, 0.5) is 17.7 Å². The van der Waals surface area contributed by atoms with Gasteiger partial charge in [0.25, 0.3) is 6.43 Å². The zero-order valence-corrected chi connectivity index (χ0v) is 13.8. The van der Waals surface area contributed by atoms with E-state index in [4.69, 9.17) is 0 Å². The van der Waals surface area contributed by atoms with Crippen LogP contribution in [0.5, 0.6) is 0 Å². The standard InChI is InChI=1S/C18H17F4N3O/c19-15-10-23-13(9-24-18(26)16-2-1-7-25(16)22)8-14(15)11-3-5-12(6-4-11)17(20)21/h3-6,8,10,16-17H,1-2,7,9H2,(H,24,26). The lowest BCUT2D eigenvalue weighted by atomic mass is 10.0. The molecule has 1 atom stereocenters. The van der Waals surface area contributed by atoms with Crippen LogP contribution in [0.25, 0.3) is 11.1 Å². The molecule has 26 heavy (non-hydrogen) atoms. The highest BCUT2D eigenvalue weighted by molar-refractivity contribution is 5.81. The summed E-state index contributed by atoms with van der Waals surface area (Å²) in [7, 11) is 0. The van der Waals surface area contributed by atoms with E-state index in [2.05, 4.69) is 10.3 Å². The fourth-order valence-corrected chi connectivity index (χ4v) is 2.89. The molecule has 1 aliphatic heterocycles. The number of nitrogens with one attached hydrogen (secondary N) is 1. The lowest BCUT2D eigenvalue weighted by Crippen LogP contribution is -2.39. The van der Waals surface area contributed by atoms with Gasteiger partial charge in [-0.3, -0.25) is 9.78 Å². The molecule has 1 amide bonds. The molecule has 0 radical (unpaired) electrons. The van der Waals surface area contributed by atoms with E-state index in [9.17, 15) is 22.4 Å². The Hall–Kier alpha value is -2.48. The van der Waals surface area contributed by atoms with E-state index < -0.39 is 24.2 Å². The highest BCUT2D eigenvalue weighted by Crippen LogP contribution is 2.26. The molecule has 1 N–H and O–H groups in total. The quantitative estimate of drug-likeness (QED) is 0.646. The molecule has 3 rings (SSSR count). The summed E-state index contributed by atoms with van der Waals surface area (Å²) in [6.45, 7) is 0.247. The number of hydrogen-bond acceptors (Lipinski definition) is 3. The zero-order chi connectivity index (χ0) is 18.7. The van der Waals surface area contributed by atoms with E-state index in [1.165, 1.54) is 30.3 Å².